The Hall–Kier alpha value is -1.51. The van der Waals surface area contributed by atoms with Crippen molar-refractivity contribution in [2.24, 2.45) is 0 Å². The Balaban J connectivity index is 1.77. The Labute approximate surface area is 125 Å². The Bertz CT molecular complexity index is 542. The summed E-state index contributed by atoms with van der Waals surface area (Å²) in [6.07, 6.45) is 2.17. The van der Waals surface area contributed by atoms with Gasteiger partial charge in [0, 0.05) is 12.6 Å². The smallest absolute Gasteiger partial charge is 0.134 e. The molecule has 3 heteroatoms. The van der Waals surface area contributed by atoms with E-state index in [4.69, 9.17) is 11.6 Å². The molecule has 0 spiro atoms. The lowest BCUT2D eigenvalue weighted by atomic mass is 10.1. The van der Waals surface area contributed by atoms with Crippen molar-refractivity contribution < 1.29 is 5.11 Å². The molecule has 0 amide bonds. The fourth-order valence-electron chi connectivity index (χ4n) is 2.08. The summed E-state index contributed by atoms with van der Waals surface area (Å²) < 4.78 is 0. The van der Waals surface area contributed by atoms with Crippen molar-refractivity contribution in [3.8, 4) is 5.75 Å². The molecule has 0 saturated heterocycles. The van der Waals surface area contributed by atoms with Crippen LogP contribution in [0.25, 0.3) is 0 Å². The molecule has 0 radical (unpaired) electrons. The van der Waals surface area contributed by atoms with E-state index in [-0.39, 0.29) is 5.75 Å². The average Bonchev–Trinajstić information content (AvgIpc) is 2.47. The summed E-state index contributed by atoms with van der Waals surface area (Å²) in [6, 6.07) is 16.3. The normalized spacial score (nSPS) is 12.3. The van der Waals surface area contributed by atoms with Gasteiger partial charge < -0.3 is 10.4 Å². The lowest BCUT2D eigenvalue weighted by Crippen LogP contribution is -2.25. The lowest BCUT2D eigenvalue weighted by molar-refractivity contribution is 0.474. The van der Waals surface area contributed by atoms with Crippen molar-refractivity contribution in [2.45, 2.75) is 32.4 Å². The molecule has 2 N–H and O–H groups in total. The third-order valence-corrected chi connectivity index (χ3v) is 3.68. The first-order valence-electron chi connectivity index (χ1n) is 6.90. The van der Waals surface area contributed by atoms with Crippen LogP contribution in [-0.2, 0) is 13.0 Å². The van der Waals surface area contributed by atoms with Crippen molar-refractivity contribution in [1.82, 2.24) is 5.32 Å². The highest BCUT2D eigenvalue weighted by atomic mass is 35.5. The number of phenols is 1. The van der Waals surface area contributed by atoms with Gasteiger partial charge in [-0.1, -0.05) is 48.0 Å². The van der Waals surface area contributed by atoms with Crippen LogP contribution in [0.5, 0.6) is 5.75 Å². The summed E-state index contributed by atoms with van der Waals surface area (Å²) in [7, 11) is 0. The van der Waals surface area contributed by atoms with Crippen LogP contribution in [0.15, 0.2) is 48.5 Å². The van der Waals surface area contributed by atoms with E-state index in [1.165, 1.54) is 5.56 Å². The van der Waals surface area contributed by atoms with Crippen LogP contribution in [0.1, 0.15) is 24.5 Å². The maximum absolute atomic E-state index is 9.38. The number of aromatic hydroxyl groups is 1. The highest BCUT2D eigenvalue weighted by Crippen LogP contribution is 2.23. The van der Waals surface area contributed by atoms with E-state index < -0.39 is 0 Å². The predicted octanol–water partition coefficient (Wildman–Crippen LogP) is 4.16. The molecule has 1 atom stereocenters. The fourth-order valence-corrected chi connectivity index (χ4v) is 2.29. The molecule has 0 saturated carbocycles. The molecule has 0 aromatic heterocycles. The van der Waals surface area contributed by atoms with Crippen LogP contribution in [0.4, 0.5) is 0 Å². The zero-order valence-electron chi connectivity index (χ0n) is 11.6. The molecule has 106 valence electrons. The molecule has 2 nitrogen and oxygen atoms in total. The summed E-state index contributed by atoms with van der Waals surface area (Å²) in [5.41, 5.74) is 2.45. The third-order valence-electron chi connectivity index (χ3n) is 3.38. The Morgan fingerprint density at radius 2 is 1.85 bits per heavy atom. The van der Waals surface area contributed by atoms with E-state index in [2.05, 4.69) is 36.5 Å². The zero-order valence-corrected chi connectivity index (χ0v) is 12.4. The van der Waals surface area contributed by atoms with Crippen molar-refractivity contribution in [2.75, 3.05) is 0 Å². The summed E-state index contributed by atoms with van der Waals surface area (Å²) >= 11 is 5.89. The van der Waals surface area contributed by atoms with Gasteiger partial charge in [0.25, 0.3) is 0 Å². The fraction of sp³-hybridized carbons (Fsp3) is 0.294. The first-order valence-corrected chi connectivity index (χ1v) is 7.27. The summed E-state index contributed by atoms with van der Waals surface area (Å²) in [5, 5.41) is 13.3. The second-order valence-electron chi connectivity index (χ2n) is 5.09. The molecular formula is C17H20ClNO. The van der Waals surface area contributed by atoms with Crippen LogP contribution in [0, 0.1) is 0 Å². The molecule has 2 aromatic rings. The van der Waals surface area contributed by atoms with Crippen LogP contribution in [0.2, 0.25) is 5.02 Å². The maximum Gasteiger partial charge on any atom is 0.134 e. The minimum atomic E-state index is 0.132. The predicted molar refractivity (Wildman–Crippen MR) is 84.2 cm³/mol. The largest absolute Gasteiger partial charge is 0.506 e. The van der Waals surface area contributed by atoms with E-state index >= 15 is 0 Å². The van der Waals surface area contributed by atoms with Gasteiger partial charge in [-0.15, -0.1) is 0 Å². The van der Waals surface area contributed by atoms with Gasteiger partial charge in [-0.2, -0.15) is 0 Å². The van der Waals surface area contributed by atoms with Crippen LogP contribution in [0.3, 0.4) is 0 Å². The van der Waals surface area contributed by atoms with Crippen molar-refractivity contribution >= 4 is 11.6 Å². The molecule has 0 bridgehead atoms. The number of benzene rings is 2. The zero-order chi connectivity index (χ0) is 14.4. The first kappa shape index (κ1) is 14.9. The second kappa shape index (κ2) is 7.32. The van der Waals surface area contributed by atoms with E-state index in [0.29, 0.717) is 11.1 Å². The summed E-state index contributed by atoms with van der Waals surface area (Å²) in [4.78, 5) is 0. The summed E-state index contributed by atoms with van der Waals surface area (Å²) in [5.74, 6) is 0.132. The van der Waals surface area contributed by atoms with Crippen molar-refractivity contribution in [1.29, 1.82) is 0 Å². The SMILES string of the molecule is CC(CCc1ccccc1)NCc1ccc(O)c(Cl)c1. The minimum absolute atomic E-state index is 0.132. The second-order valence-corrected chi connectivity index (χ2v) is 5.50. The van der Waals surface area contributed by atoms with E-state index in [1.807, 2.05) is 12.1 Å². The molecule has 20 heavy (non-hydrogen) atoms. The standard InChI is InChI=1S/C17H20ClNO/c1-13(7-8-14-5-3-2-4-6-14)19-12-15-9-10-17(20)16(18)11-15/h2-6,9-11,13,19-20H,7-8,12H2,1H3. The molecular weight excluding hydrogens is 270 g/mol. The van der Waals surface area contributed by atoms with Gasteiger partial charge >= 0.3 is 0 Å². The molecule has 1 unspecified atom stereocenters. The van der Waals surface area contributed by atoms with Gasteiger partial charge in [-0.25, -0.2) is 0 Å². The number of rotatable bonds is 6. The van der Waals surface area contributed by atoms with Gasteiger partial charge in [0.15, 0.2) is 0 Å². The number of halogens is 1. The van der Waals surface area contributed by atoms with Gasteiger partial charge in [0.2, 0.25) is 0 Å². The number of phenolic OH excluding ortho intramolecular Hbond substituents is 1. The quantitative estimate of drug-likeness (QED) is 0.837. The average molecular weight is 290 g/mol. The Morgan fingerprint density at radius 1 is 1.10 bits per heavy atom. The first-order chi connectivity index (χ1) is 9.65. The van der Waals surface area contributed by atoms with Crippen LogP contribution < -0.4 is 5.32 Å². The molecule has 0 aliphatic heterocycles. The van der Waals surface area contributed by atoms with Crippen molar-refractivity contribution in [3.63, 3.8) is 0 Å². The molecule has 0 aliphatic carbocycles. The maximum atomic E-state index is 9.38. The lowest BCUT2D eigenvalue weighted by Gasteiger charge is -2.14. The Morgan fingerprint density at radius 3 is 2.55 bits per heavy atom. The topological polar surface area (TPSA) is 32.3 Å². The number of nitrogens with one attached hydrogen (secondary N) is 1. The van der Waals surface area contributed by atoms with Gasteiger partial charge in [0.1, 0.15) is 5.75 Å². The van der Waals surface area contributed by atoms with Crippen LogP contribution in [-0.4, -0.2) is 11.1 Å². The third kappa shape index (κ3) is 4.55. The molecule has 0 fully saturated rings. The van der Waals surface area contributed by atoms with E-state index in [9.17, 15) is 5.11 Å². The number of hydrogen-bond acceptors (Lipinski definition) is 2. The number of hydrogen-bond donors (Lipinski definition) is 2. The molecule has 0 heterocycles. The van der Waals surface area contributed by atoms with E-state index in [0.717, 1.165) is 24.9 Å². The number of aryl methyl sites for hydroxylation is 1. The van der Waals surface area contributed by atoms with Crippen molar-refractivity contribution in [3.05, 3.63) is 64.7 Å². The van der Waals surface area contributed by atoms with Gasteiger partial charge in [-0.05, 0) is 43.0 Å². The minimum Gasteiger partial charge on any atom is -0.506 e. The summed E-state index contributed by atoms with van der Waals surface area (Å²) in [6.45, 7) is 2.95. The molecule has 2 rings (SSSR count). The Kier molecular flexibility index (Phi) is 5.45. The van der Waals surface area contributed by atoms with Gasteiger partial charge in [-0.3, -0.25) is 0 Å². The molecule has 0 aliphatic rings. The van der Waals surface area contributed by atoms with E-state index in [1.54, 1.807) is 12.1 Å². The highest BCUT2D eigenvalue weighted by Gasteiger charge is 2.04. The van der Waals surface area contributed by atoms with Crippen LogP contribution >= 0.6 is 11.6 Å². The van der Waals surface area contributed by atoms with Gasteiger partial charge in [0.05, 0.1) is 5.02 Å². The molecule has 2 aromatic carbocycles. The highest BCUT2D eigenvalue weighted by molar-refractivity contribution is 6.32. The monoisotopic (exact) mass is 289 g/mol.